The molecule has 0 saturated carbocycles. The number of nitrogens with zero attached hydrogens (tertiary/aromatic N) is 1. The Morgan fingerprint density at radius 3 is 2.07 bits per heavy atom. The highest BCUT2D eigenvalue weighted by Crippen LogP contribution is 2.21. The molecule has 144 valence electrons. The fourth-order valence-corrected chi connectivity index (χ4v) is 3.01. The molecule has 0 spiro atoms. The van der Waals surface area contributed by atoms with Crippen molar-refractivity contribution >= 4 is 12.0 Å². The minimum absolute atomic E-state index is 0.130. The van der Waals surface area contributed by atoms with Gasteiger partial charge in [0.05, 0.1) is 0 Å². The number of aromatic hydroxyl groups is 1. The van der Waals surface area contributed by atoms with Crippen LogP contribution >= 0.6 is 0 Å². The molecule has 27 heavy (non-hydrogen) atoms. The zero-order valence-electron chi connectivity index (χ0n) is 15.5. The van der Waals surface area contributed by atoms with Crippen molar-refractivity contribution in [2.75, 3.05) is 13.1 Å². The van der Waals surface area contributed by atoms with E-state index in [2.05, 4.69) is 31.2 Å². The van der Waals surface area contributed by atoms with E-state index in [-0.39, 0.29) is 5.75 Å². The van der Waals surface area contributed by atoms with E-state index in [0.717, 1.165) is 19.3 Å². The average Bonchev–Trinajstić information content (AvgIpc) is 2.65. The largest absolute Gasteiger partial charge is 0.508 e. The Kier molecular flexibility index (Phi) is 7.23. The Morgan fingerprint density at radius 2 is 1.59 bits per heavy atom. The molecule has 0 aromatic heterocycles. The number of aryl methyl sites for hydroxylation is 1. The average molecular weight is 370 g/mol. The van der Waals surface area contributed by atoms with Crippen LogP contribution in [0.3, 0.4) is 0 Å². The second-order valence-electron chi connectivity index (χ2n) is 6.81. The summed E-state index contributed by atoms with van der Waals surface area (Å²) >= 11 is 0. The van der Waals surface area contributed by atoms with Crippen LogP contribution in [0.1, 0.15) is 34.3 Å². The van der Waals surface area contributed by atoms with Crippen molar-refractivity contribution in [1.82, 2.24) is 4.90 Å². The molecule has 6 nitrogen and oxygen atoms in total. The van der Waals surface area contributed by atoms with Crippen molar-refractivity contribution in [2.45, 2.75) is 26.2 Å². The van der Waals surface area contributed by atoms with Crippen LogP contribution < -0.4 is 5.73 Å². The maximum Gasteiger partial charge on any atom is 0.407 e. The van der Waals surface area contributed by atoms with E-state index in [1.165, 1.54) is 40.3 Å². The summed E-state index contributed by atoms with van der Waals surface area (Å²) in [7, 11) is 0. The van der Waals surface area contributed by atoms with Gasteiger partial charge in [-0.3, -0.25) is 4.79 Å². The highest BCUT2D eigenvalue weighted by molar-refractivity contribution is 5.92. The number of amides is 2. The molecule has 4 N–H and O–H groups in total. The van der Waals surface area contributed by atoms with Gasteiger partial charge in [0.25, 0.3) is 0 Å². The Morgan fingerprint density at radius 1 is 1.04 bits per heavy atom. The summed E-state index contributed by atoms with van der Waals surface area (Å²) in [6, 6.07) is 14.4. The lowest BCUT2D eigenvalue weighted by atomic mass is 9.90. The van der Waals surface area contributed by atoms with E-state index >= 15 is 0 Å². The van der Waals surface area contributed by atoms with Gasteiger partial charge in [-0.15, -0.1) is 0 Å². The van der Waals surface area contributed by atoms with Crippen molar-refractivity contribution in [1.29, 1.82) is 0 Å². The van der Waals surface area contributed by atoms with Gasteiger partial charge in [-0.05, 0) is 61.9 Å². The molecule has 6 heteroatoms. The molecule has 0 bridgehead atoms. The predicted octanol–water partition coefficient (Wildman–Crippen LogP) is 3.42. The van der Waals surface area contributed by atoms with Gasteiger partial charge in [0.15, 0.2) is 0 Å². The van der Waals surface area contributed by atoms with Gasteiger partial charge in [0.2, 0.25) is 5.91 Å². The number of carbonyl (C=O) groups is 2. The zero-order chi connectivity index (χ0) is 19.8. The predicted molar refractivity (Wildman–Crippen MR) is 104 cm³/mol. The number of primary amides is 1. The number of hydrogen-bond acceptors (Lipinski definition) is 3. The minimum Gasteiger partial charge on any atom is -0.508 e. The SMILES string of the molecule is Cc1ccc(CC2CCN(C(=O)O)CC2)cc1.NC(=O)c1ccc(O)cc1. The van der Waals surface area contributed by atoms with E-state index < -0.39 is 12.0 Å². The van der Waals surface area contributed by atoms with Crippen LogP contribution in [0.15, 0.2) is 48.5 Å². The van der Waals surface area contributed by atoms with Crippen LogP contribution in [-0.2, 0) is 6.42 Å². The fourth-order valence-electron chi connectivity index (χ4n) is 3.01. The Balaban J connectivity index is 0.000000223. The van der Waals surface area contributed by atoms with Gasteiger partial charge in [-0.2, -0.15) is 0 Å². The molecule has 0 radical (unpaired) electrons. The molecule has 0 unspecified atom stereocenters. The molecule has 2 aromatic rings. The van der Waals surface area contributed by atoms with Gasteiger partial charge in [-0.25, -0.2) is 4.79 Å². The number of benzene rings is 2. The lowest BCUT2D eigenvalue weighted by Crippen LogP contribution is -2.37. The van der Waals surface area contributed by atoms with Gasteiger partial charge in [-0.1, -0.05) is 29.8 Å². The standard InChI is InChI=1S/C14H19NO2.C7H7NO2/c1-11-2-4-12(5-3-11)10-13-6-8-15(9-7-13)14(16)17;8-7(10)5-1-3-6(9)4-2-5/h2-5,13H,6-10H2,1H3,(H,16,17);1-4,9H,(H2,8,10). The smallest absolute Gasteiger partial charge is 0.407 e. The van der Waals surface area contributed by atoms with Crippen LogP contribution in [0, 0.1) is 12.8 Å². The molecule has 1 fully saturated rings. The minimum atomic E-state index is -0.779. The van der Waals surface area contributed by atoms with Gasteiger partial charge >= 0.3 is 6.09 Å². The first kappa shape index (κ1) is 20.3. The van der Waals surface area contributed by atoms with Gasteiger partial charge < -0.3 is 20.8 Å². The number of nitrogens with two attached hydrogens (primary N) is 1. The number of hydrogen-bond donors (Lipinski definition) is 3. The molecule has 3 rings (SSSR count). The quantitative estimate of drug-likeness (QED) is 0.770. The highest BCUT2D eigenvalue weighted by atomic mass is 16.4. The molecular formula is C21H26N2O4. The highest BCUT2D eigenvalue weighted by Gasteiger charge is 2.22. The third-order valence-corrected chi connectivity index (χ3v) is 4.68. The van der Waals surface area contributed by atoms with Crippen LogP contribution in [0.2, 0.25) is 0 Å². The van der Waals surface area contributed by atoms with Crippen molar-refractivity contribution in [3.05, 3.63) is 65.2 Å². The maximum absolute atomic E-state index is 10.8. The lowest BCUT2D eigenvalue weighted by Gasteiger charge is -2.30. The summed E-state index contributed by atoms with van der Waals surface area (Å²) in [5.74, 6) is 0.276. The van der Waals surface area contributed by atoms with E-state index in [1.807, 2.05) is 0 Å². The summed E-state index contributed by atoms with van der Waals surface area (Å²) in [6.07, 6.45) is 2.27. The van der Waals surface area contributed by atoms with Gasteiger partial charge in [0.1, 0.15) is 5.75 Å². The van der Waals surface area contributed by atoms with E-state index in [1.54, 1.807) is 0 Å². The molecule has 0 aliphatic carbocycles. The number of piperidine rings is 1. The zero-order valence-corrected chi connectivity index (χ0v) is 15.5. The van der Waals surface area contributed by atoms with Crippen LogP contribution in [-0.4, -0.2) is 40.2 Å². The second kappa shape index (κ2) is 9.62. The molecule has 2 amide bonds. The summed E-state index contributed by atoms with van der Waals surface area (Å²) in [4.78, 5) is 22.8. The Hall–Kier alpha value is -3.02. The first-order chi connectivity index (χ1) is 12.8. The second-order valence-corrected chi connectivity index (χ2v) is 6.81. The number of phenols is 1. The summed E-state index contributed by atoms with van der Waals surface area (Å²) in [5, 5.41) is 17.7. The molecular weight excluding hydrogens is 344 g/mol. The number of phenolic OH excluding ortho intramolecular Hbond substituents is 1. The maximum atomic E-state index is 10.8. The number of carbonyl (C=O) groups excluding carboxylic acids is 1. The Bertz CT molecular complexity index is 749. The molecule has 1 aliphatic rings. The summed E-state index contributed by atoms with van der Waals surface area (Å²) in [5.41, 5.74) is 8.00. The third-order valence-electron chi connectivity index (χ3n) is 4.68. The number of rotatable bonds is 3. The lowest BCUT2D eigenvalue weighted by molar-refractivity contribution is 0.1000. The van der Waals surface area contributed by atoms with E-state index in [0.29, 0.717) is 24.6 Å². The summed E-state index contributed by atoms with van der Waals surface area (Å²) in [6.45, 7) is 3.47. The van der Waals surface area contributed by atoms with Crippen molar-refractivity contribution < 1.29 is 19.8 Å². The molecule has 1 heterocycles. The fraction of sp³-hybridized carbons (Fsp3) is 0.333. The monoisotopic (exact) mass is 370 g/mol. The Labute approximate surface area is 159 Å². The van der Waals surface area contributed by atoms with Gasteiger partial charge in [0, 0.05) is 18.7 Å². The van der Waals surface area contributed by atoms with E-state index in [4.69, 9.17) is 15.9 Å². The van der Waals surface area contributed by atoms with Crippen LogP contribution in [0.5, 0.6) is 5.75 Å². The number of likely N-dealkylation sites (tertiary alicyclic amines) is 1. The van der Waals surface area contributed by atoms with Crippen LogP contribution in [0.25, 0.3) is 0 Å². The van der Waals surface area contributed by atoms with Crippen LogP contribution in [0.4, 0.5) is 4.79 Å². The van der Waals surface area contributed by atoms with E-state index in [9.17, 15) is 9.59 Å². The van der Waals surface area contributed by atoms with Crippen molar-refractivity contribution in [3.63, 3.8) is 0 Å². The molecule has 0 atom stereocenters. The summed E-state index contributed by atoms with van der Waals surface area (Å²) < 4.78 is 0. The van der Waals surface area contributed by atoms with Crippen molar-refractivity contribution in [2.24, 2.45) is 11.7 Å². The van der Waals surface area contributed by atoms with Crippen molar-refractivity contribution in [3.8, 4) is 5.75 Å². The normalized spacial score (nSPS) is 14.2. The molecule has 1 aliphatic heterocycles. The number of carboxylic acid groups (broad SMARTS) is 1. The molecule has 1 saturated heterocycles. The molecule has 2 aromatic carbocycles. The first-order valence-electron chi connectivity index (χ1n) is 8.97. The topological polar surface area (TPSA) is 104 Å². The third kappa shape index (κ3) is 6.66. The first-order valence-corrected chi connectivity index (χ1v) is 8.97.